The molecular formula is C23H44N2O. The lowest BCUT2D eigenvalue weighted by Gasteiger charge is -2.19. The maximum atomic E-state index is 9.04. The Morgan fingerprint density at radius 1 is 0.846 bits per heavy atom. The largest absolute Gasteiger partial charge is 0.396 e. The molecule has 0 spiro atoms. The van der Waals surface area contributed by atoms with Crippen LogP contribution in [0.3, 0.4) is 0 Å². The molecule has 1 aliphatic heterocycles. The number of unbranched alkanes of at least 4 members (excludes halogenated alkanes) is 12. The number of allylic oxidation sites excluding steroid dienone is 2. The molecule has 26 heavy (non-hydrogen) atoms. The molecule has 0 amide bonds. The summed E-state index contributed by atoms with van der Waals surface area (Å²) in [4.78, 5) is 6.84. The van der Waals surface area contributed by atoms with Gasteiger partial charge in [-0.25, -0.2) is 0 Å². The van der Waals surface area contributed by atoms with E-state index >= 15 is 0 Å². The van der Waals surface area contributed by atoms with Crippen molar-refractivity contribution in [2.45, 2.75) is 103 Å². The normalized spacial score (nSPS) is 14.5. The fourth-order valence-electron chi connectivity index (χ4n) is 3.66. The smallest absolute Gasteiger partial charge is 0.101 e. The second-order valence-electron chi connectivity index (χ2n) is 7.70. The standard InChI is InChI=1S/C23H44N2O/c1-2-3-4-5-6-7-8-9-10-11-12-13-14-15-16-17-20-25-21-19-24-23(25)18-22-26/h9-10,26H,2-8,11-22H2,1H3/b10-9-. The zero-order valence-corrected chi connectivity index (χ0v) is 17.4. The molecule has 0 fully saturated rings. The van der Waals surface area contributed by atoms with Gasteiger partial charge in [0.2, 0.25) is 0 Å². The van der Waals surface area contributed by atoms with Crippen molar-refractivity contribution in [2.75, 3.05) is 26.2 Å². The topological polar surface area (TPSA) is 35.8 Å². The number of aliphatic imine (C=N–C) groups is 1. The second kappa shape index (κ2) is 17.6. The van der Waals surface area contributed by atoms with Gasteiger partial charge in [0, 0.05) is 19.5 Å². The molecule has 1 aliphatic rings. The van der Waals surface area contributed by atoms with Gasteiger partial charge in [-0.05, 0) is 32.1 Å². The molecule has 1 N–H and O–H groups in total. The molecule has 1 heterocycles. The predicted octanol–water partition coefficient (Wildman–Crippen LogP) is 6.12. The molecule has 152 valence electrons. The van der Waals surface area contributed by atoms with Crippen LogP contribution in [-0.4, -0.2) is 42.1 Å². The highest BCUT2D eigenvalue weighted by molar-refractivity contribution is 5.83. The van der Waals surface area contributed by atoms with E-state index in [1.165, 1.54) is 89.9 Å². The van der Waals surface area contributed by atoms with Crippen molar-refractivity contribution in [1.29, 1.82) is 0 Å². The van der Waals surface area contributed by atoms with Crippen LogP contribution in [0.2, 0.25) is 0 Å². The van der Waals surface area contributed by atoms with Crippen molar-refractivity contribution in [3.8, 4) is 0 Å². The molecule has 0 radical (unpaired) electrons. The van der Waals surface area contributed by atoms with Crippen LogP contribution in [0, 0.1) is 0 Å². The van der Waals surface area contributed by atoms with Gasteiger partial charge in [0.1, 0.15) is 5.84 Å². The average molecular weight is 365 g/mol. The van der Waals surface area contributed by atoms with Crippen LogP contribution in [0.1, 0.15) is 103 Å². The van der Waals surface area contributed by atoms with Crippen LogP contribution in [0.5, 0.6) is 0 Å². The predicted molar refractivity (Wildman–Crippen MR) is 115 cm³/mol. The molecule has 0 aliphatic carbocycles. The minimum Gasteiger partial charge on any atom is -0.396 e. The first-order valence-electron chi connectivity index (χ1n) is 11.4. The minimum atomic E-state index is 0.225. The molecule has 0 saturated heterocycles. The number of amidine groups is 1. The Hall–Kier alpha value is -0.830. The van der Waals surface area contributed by atoms with Crippen LogP contribution in [-0.2, 0) is 0 Å². The first-order valence-corrected chi connectivity index (χ1v) is 11.4. The number of hydrogen-bond donors (Lipinski definition) is 1. The highest BCUT2D eigenvalue weighted by Crippen LogP contribution is 2.11. The van der Waals surface area contributed by atoms with Gasteiger partial charge in [-0.2, -0.15) is 0 Å². The molecule has 0 bridgehead atoms. The van der Waals surface area contributed by atoms with Crippen molar-refractivity contribution in [3.05, 3.63) is 12.2 Å². The van der Waals surface area contributed by atoms with E-state index in [2.05, 4.69) is 29.0 Å². The number of hydrogen-bond acceptors (Lipinski definition) is 3. The molecule has 0 unspecified atom stereocenters. The van der Waals surface area contributed by atoms with Crippen molar-refractivity contribution in [2.24, 2.45) is 4.99 Å². The summed E-state index contributed by atoms with van der Waals surface area (Å²) in [6, 6.07) is 0. The summed E-state index contributed by atoms with van der Waals surface area (Å²) in [5.74, 6) is 1.13. The summed E-state index contributed by atoms with van der Waals surface area (Å²) in [5, 5.41) is 9.04. The average Bonchev–Trinajstić information content (AvgIpc) is 3.09. The van der Waals surface area contributed by atoms with E-state index < -0.39 is 0 Å². The van der Waals surface area contributed by atoms with E-state index in [-0.39, 0.29) is 6.61 Å². The Balaban J connectivity index is 1.79. The third-order valence-corrected chi connectivity index (χ3v) is 5.30. The molecule has 3 heteroatoms. The van der Waals surface area contributed by atoms with Gasteiger partial charge >= 0.3 is 0 Å². The van der Waals surface area contributed by atoms with Crippen molar-refractivity contribution < 1.29 is 5.11 Å². The Morgan fingerprint density at radius 3 is 2.04 bits per heavy atom. The fraction of sp³-hybridized carbons (Fsp3) is 0.870. The third-order valence-electron chi connectivity index (χ3n) is 5.30. The summed E-state index contributed by atoms with van der Waals surface area (Å²) in [6.45, 7) is 5.60. The van der Waals surface area contributed by atoms with Crippen molar-refractivity contribution >= 4 is 5.84 Å². The molecule has 3 nitrogen and oxygen atoms in total. The van der Waals surface area contributed by atoms with Crippen molar-refractivity contribution in [1.82, 2.24) is 4.90 Å². The van der Waals surface area contributed by atoms with E-state index in [0.717, 1.165) is 31.9 Å². The van der Waals surface area contributed by atoms with E-state index in [4.69, 9.17) is 5.11 Å². The van der Waals surface area contributed by atoms with Crippen LogP contribution >= 0.6 is 0 Å². The molecule has 0 aromatic heterocycles. The van der Waals surface area contributed by atoms with Crippen LogP contribution in [0.4, 0.5) is 0 Å². The molecule has 0 saturated carbocycles. The van der Waals surface area contributed by atoms with Gasteiger partial charge in [-0.1, -0.05) is 76.9 Å². The lowest BCUT2D eigenvalue weighted by molar-refractivity contribution is 0.300. The maximum absolute atomic E-state index is 9.04. The second-order valence-corrected chi connectivity index (χ2v) is 7.70. The zero-order chi connectivity index (χ0) is 18.7. The van der Waals surface area contributed by atoms with Crippen LogP contribution in [0.25, 0.3) is 0 Å². The molecule has 0 aromatic carbocycles. The monoisotopic (exact) mass is 364 g/mol. The lowest BCUT2D eigenvalue weighted by Crippen LogP contribution is -2.29. The molecule has 1 rings (SSSR count). The number of aliphatic hydroxyl groups is 1. The van der Waals surface area contributed by atoms with E-state index in [1.54, 1.807) is 0 Å². The number of rotatable bonds is 18. The molecule has 0 atom stereocenters. The summed E-state index contributed by atoms with van der Waals surface area (Å²) in [6.07, 6.45) is 24.6. The minimum absolute atomic E-state index is 0.225. The number of aliphatic hydroxyl groups excluding tert-OH is 1. The van der Waals surface area contributed by atoms with Gasteiger partial charge in [0.25, 0.3) is 0 Å². The van der Waals surface area contributed by atoms with Gasteiger partial charge < -0.3 is 10.0 Å². The first kappa shape index (κ1) is 23.2. The van der Waals surface area contributed by atoms with Crippen molar-refractivity contribution in [3.63, 3.8) is 0 Å². The first-order chi connectivity index (χ1) is 12.9. The van der Waals surface area contributed by atoms with E-state index in [0.29, 0.717) is 0 Å². The van der Waals surface area contributed by atoms with Gasteiger partial charge in [0.15, 0.2) is 0 Å². The SMILES string of the molecule is CCCCCCCC/C=C\CCCCCCCCN1CCN=C1CCO. The Morgan fingerprint density at radius 2 is 1.42 bits per heavy atom. The molecule has 0 aromatic rings. The lowest BCUT2D eigenvalue weighted by atomic mass is 10.1. The summed E-state index contributed by atoms with van der Waals surface area (Å²) < 4.78 is 0. The van der Waals surface area contributed by atoms with Gasteiger partial charge in [-0.15, -0.1) is 0 Å². The Kier molecular flexibility index (Phi) is 15.7. The molecular weight excluding hydrogens is 320 g/mol. The highest BCUT2D eigenvalue weighted by atomic mass is 16.3. The zero-order valence-electron chi connectivity index (χ0n) is 17.4. The summed E-state index contributed by atoms with van der Waals surface area (Å²) >= 11 is 0. The van der Waals surface area contributed by atoms with Crippen LogP contribution in [0.15, 0.2) is 17.1 Å². The summed E-state index contributed by atoms with van der Waals surface area (Å²) in [5.41, 5.74) is 0. The number of nitrogens with zero attached hydrogens (tertiary/aromatic N) is 2. The Labute approximate surface area is 163 Å². The highest BCUT2D eigenvalue weighted by Gasteiger charge is 2.14. The van der Waals surface area contributed by atoms with Gasteiger partial charge in [0.05, 0.1) is 13.2 Å². The maximum Gasteiger partial charge on any atom is 0.101 e. The van der Waals surface area contributed by atoms with Crippen LogP contribution < -0.4 is 0 Å². The quantitative estimate of drug-likeness (QED) is 0.235. The Bertz CT molecular complexity index is 365. The fourth-order valence-corrected chi connectivity index (χ4v) is 3.66. The summed E-state index contributed by atoms with van der Waals surface area (Å²) in [7, 11) is 0. The van der Waals surface area contributed by atoms with Gasteiger partial charge in [-0.3, -0.25) is 4.99 Å². The third kappa shape index (κ3) is 12.5. The van der Waals surface area contributed by atoms with E-state index in [1.807, 2.05) is 0 Å². The van der Waals surface area contributed by atoms with E-state index in [9.17, 15) is 0 Å².